The molecule has 0 aromatic carbocycles. The lowest BCUT2D eigenvalue weighted by Gasteiger charge is -2.27. The minimum absolute atomic E-state index is 0.189. The van der Waals surface area contributed by atoms with Crippen molar-refractivity contribution >= 4 is 8.80 Å². The Kier molecular flexibility index (Phi) is 3.44. The van der Waals surface area contributed by atoms with Crippen LogP contribution in [0.4, 0.5) is 0 Å². The van der Waals surface area contributed by atoms with E-state index in [0.29, 0.717) is 0 Å². The molecular weight excluding hydrogens is 128 g/mol. The van der Waals surface area contributed by atoms with E-state index in [9.17, 15) is 0 Å². The van der Waals surface area contributed by atoms with E-state index in [4.69, 9.17) is 4.74 Å². The molecule has 0 heterocycles. The Morgan fingerprint density at radius 1 is 1.33 bits per heavy atom. The molecule has 2 heteroatoms. The third-order valence-electron chi connectivity index (χ3n) is 1.91. The number of rotatable bonds is 3. The Balaban J connectivity index is 3.70. The molecule has 0 spiro atoms. The summed E-state index contributed by atoms with van der Waals surface area (Å²) in [5, 5.41) is 0.189. The van der Waals surface area contributed by atoms with Crippen LogP contribution in [0.5, 0.6) is 0 Å². The highest BCUT2D eigenvalue weighted by Gasteiger charge is 2.22. The van der Waals surface area contributed by atoms with Gasteiger partial charge in [-0.05, 0) is 20.8 Å². The van der Waals surface area contributed by atoms with Gasteiger partial charge in [0.25, 0.3) is 0 Å². The smallest absolute Gasteiger partial charge is 0.0687 e. The van der Waals surface area contributed by atoms with Crippen molar-refractivity contribution in [2.45, 2.75) is 39.1 Å². The van der Waals surface area contributed by atoms with E-state index in [1.165, 1.54) is 0 Å². The Morgan fingerprint density at radius 2 is 1.78 bits per heavy atom. The van der Waals surface area contributed by atoms with Crippen molar-refractivity contribution in [3.05, 3.63) is 0 Å². The Hall–Kier alpha value is 0.177. The highest BCUT2D eigenvalue weighted by molar-refractivity contribution is 6.58. The van der Waals surface area contributed by atoms with Gasteiger partial charge in [0.15, 0.2) is 0 Å². The second-order valence-electron chi connectivity index (χ2n) is 3.19. The van der Waals surface area contributed by atoms with Gasteiger partial charge in [-0.1, -0.05) is 13.1 Å². The summed E-state index contributed by atoms with van der Waals surface area (Å²) in [5.41, 5.74) is 0. The molecule has 56 valence electrons. The third kappa shape index (κ3) is 3.01. The van der Waals surface area contributed by atoms with E-state index in [1.54, 1.807) is 0 Å². The van der Waals surface area contributed by atoms with Crippen LogP contribution in [0, 0.1) is 0 Å². The fraction of sp³-hybridized carbons (Fsp3) is 1.00. The first kappa shape index (κ1) is 9.18. The number of hydrogen-bond donors (Lipinski definition) is 0. The van der Waals surface area contributed by atoms with Crippen LogP contribution < -0.4 is 0 Å². The van der Waals surface area contributed by atoms with Crippen LogP contribution in [0.15, 0.2) is 0 Å². The zero-order valence-electron chi connectivity index (χ0n) is 7.19. The first-order valence-corrected chi connectivity index (χ1v) is 6.53. The van der Waals surface area contributed by atoms with E-state index in [0.717, 1.165) is 6.61 Å². The summed E-state index contributed by atoms with van der Waals surface area (Å²) in [7, 11) is -0.619. The quantitative estimate of drug-likeness (QED) is 0.552. The van der Waals surface area contributed by atoms with Gasteiger partial charge in [-0.15, -0.1) is 0 Å². The summed E-state index contributed by atoms with van der Waals surface area (Å²) >= 11 is 0. The van der Waals surface area contributed by atoms with E-state index < -0.39 is 8.80 Å². The summed E-state index contributed by atoms with van der Waals surface area (Å²) in [6.45, 7) is 11.9. The van der Waals surface area contributed by atoms with Crippen LogP contribution in [-0.2, 0) is 4.74 Å². The van der Waals surface area contributed by atoms with Gasteiger partial charge in [0.2, 0.25) is 0 Å². The lowest BCUT2D eigenvalue weighted by atomic mass is 10.4. The molecule has 1 nitrogen and oxygen atoms in total. The molecule has 0 saturated carbocycles. The predicted octanol–water partition coefficient (Wildman–Crippen LogP) is 1.83. The van der Waals surface area contributed by atoms with Crippen LogP contribution in [0.25, 0.3) is 0 Å². The van der Waals surface area contributed by atoms with E-state index in [1.807, 2.05) is 0 Å². The lowest BCUT2D eigenvalue weighted by Crippen LogP contribution is -2.38. The van der Waals surface area contributed by atoms with Gasteiger partial charge in [0, 0.05) is 11.8 Å². The molecule has 0 bridgehead atoms. The van der Waals surface area contributed by atoms with Gasteiger partial charge in [0.05, 0.1) is 8.80 Å². The summed E-state index contributed by atoms with van der Waals surface area (Å²) in [6.07, 6.45) is 0. The fourth-order valence-electron chi connectivity index (χ4n) is 0.539. The highest BCUT2D eigenvalue weighted by Crippen LogP contribution is 2.12. The molecule has 0 aromatic rings. The maximum Gasteiger partial charge on any atom is 0.0687 e. The van der Waals surface area contributed by atoms with Crippen LogP contribution in [0.2, 0.25) is 13.1 Å². The molecule has 0 aliphatic rings. The van der Waals surface area contributed by atoms with Gasteiger partial charge < -0.3 is 4.74 Å². The average Bonchev–Trinajstić information content (AvgIpc) is 1.65. The zero-order chi connectivity index (χ0) is 7.49. The maximum atomic E-state index is 5.55. The zero-order valence-corrected chi connectivity index (χ0v) is 8.35. The molecule has 0 atom stereocenters. The number of hydrogen-bond acceptors (Lipinski definition) is 1. The van der Waals surface area contributed by atoms with Crippen molar-refractivity contribution in [2.75, 3.05) is 6.61 Å². The van der Waals surface area contributed by atoms with Crippen molar-refractivity contribution in [2.24, 2.45) is 0 Å². The lowest BCUT2D eigenvalue weighted by molar-refractivity contribution is 0.0499. The standard InChI is InChI=1S/C7H18OSi/c1-6-8-7(2,3)9(4)5/h9H,6H2,1-5H3. The Bertz CT molecular complexity index is 79.0. The normalized spacial score (nSPS) is 12.7. The second kappa shape index (κ2) is 3.37. The van der Waals surface area contributed by atoms with Gasteiger partial charge >= 0.3 is 0 Å². The van der Waals surface area contributed by atoms with E-state index in [2.05, 4.69) is 33.9 Å². The first-order valence-electron chi connectivity index (χ1n) is 3.64. The van der Waals surface area contributed by atoms with Crippen molar-refractivity contribution in [3.63, 3.8) is 0 Å². The molecule has 0 aromatic heterocycles. The third-order valence-corrected chi connectivity index (χ3v) is 4.85. The van der Waals surface area contributed by atoms with E-state index in [-0.39, 0.29) is 5.22 Å². The summed E-state index contributed by atoms with van der Waals surface area (Å²) in [4.78, 5) is 0. The topological polar surface area (TPSA) is 9.23 Å². The molecule has 0 N–H and O–H groups in total. The minimum atomic E-state index is -0.619. The van der Waals surface area contributed by atoms with Crippen molar-refractivity contribution in [1.29, 1.82) is 0 Å². The second-order valence-corrected chi connectivity index (χ2v) is 6.89. The van der Waals surface area contributed by atoms with Gasteiger partial charge in [-0.2, -0.15) is 0 Å². The van der Waals surface area contributed by atoms with E-state index >= 15 is 0 Å². The summed E-state index contributed by atoms with van der Waals surface area (Å²) in [6, 6.07) is 0. The van der Waals surface area contributed by atoms with Gasteiger partial charge in [-0.25, -0.2) is 0 Å². The molecule has 0 saturated heterocycles. The molecule has 0 rings (SSSR count). The summed E-state index contributed by atoms with van der Waals surface area (Å²) in [5.74, 6) is 0. The predicted molar refractivity (Wildman–Crippen MR) is 44.6 cm³/mol. The van der Waals surface area contributed by atoms with Crippen LogP contribution in [0.3, 0.4) is 0 Å². The first-order chi connectivity index (χ1) is 4.00. The molecule has 0 amide bonds. The molecule has 9 heavy (non-hydrogen) atoms. The maximum absolute atomic E-state index is 5.55. The van der Waals surface area contributed by atoms with Crippen LogP contribution in [0.1, 0.15) is 20.8 Å². The average molecular weight is 146 g/mol. The monoisotopic (exact) mass is 146 g/mol. The fourth-order valence-corrected chi connectivity index (χ4v) is 1.04. The molecule has 0 radical (unpaired) electrons. The Labute approximate surface area is 60.0 Å². The van der Waals surface area contributed by atoms with Gasteiger partial charge in [-0.3, -0.25) is 0 Å². The molecule has 0 fully saturated rings. The summed E-state index contributed by atoms with van der Waals surface area (Å²) < 4.78 is 5.55. The molecule has 0 aliphatic carbocycles. The number of ether oxygens (including phenoxy) is 1. The highest BCUT2D eigenvalue weighted by atomic mass is 28.3. The SMILES string of the molecule is CCOC(C)(C)[SiH](C)C. The largest absolute Gasteiger partial charge is 0.380 e. The molecular formula is C7H18OSi. The van der Waals surface area contributed by atoms with Crippen LogP contribution in [-0.4, -0.2) is 20.6 Å². The Morgan fingerprint density at radius 3 is 1.89 bits per heavy atom. The van der Waals surface area contributed by atoms with Crippen molar-refractivity contribution < 1.29 is 4.74 Å². The van der Waals surface area contributed by atoms with Gasteiger partial charge in [0.1, 0.15) is 0 Å². The van der Waals surface area contributed by atoms with Crippen molar-refractivity contribution in [1.82, 2.24) is 0 Å². The molecule has 0 aliphatic heterocycles. The van der Waals surface area contributed by atoms with Crippen molar-refractivity contribution in [3.8, 4) is 0 Å². The van der Waals surface area contributed by atoms with Crippen LogP contribution >= 0.6 is 0 Å². The molecule has 0 unspecified atom stereocenters. The minimum Gasteiger partial charge on any atom is -0.380 e.